The Kier molecular flexibility index (Phi) is 7.89. The molecule has 0 aliphatic carbocycles. The van der Waals surface area contributed by atoms with Gasteiger partial charge < -0.3 is 14.6 Å². The van der Waals surface area contributed by atoms with E-state index in [9.17, 15) is 13.2 Å². The molecule has 1 atom stereocenters. The second-order valence-corrected chi connectivity index (χ2v) is 10.2. The summed E-state index contributed by atoms with van der Waals surface area (Å²) in [6.45, 7) is 11.1. The molecular weight excluding hydrogens is 408 g/mol. The molecule has 9 nitrogen and oxygen atoms in total. The van der Waals surface area contributed by atoms with E-state index in [1.54, 1.807) is 13.8 Å². The Morgan fingerprint density at radius 2 is 1.87 bits per heavy atom. The minimum absolute atomic E-state index is 0.0593. The van der Waals surface area contributed by atoms with Gasteiger partial charge >= 0.3 is 0 Å². The van der Waals surface area contributed by atoms with E-state index in [0.717, 1.165) is 39.3 Å². The lowest BCUT2D eigenvalue weighted by molar-refractivity contribution is -0.126. The summed E-state index contributed by atoms with van der Waals surface area (Å²) in [5, 5.41) is 6.81. The summed E-state index contributed by atoms with van der Waals surface area (Å²) in [6, 6.07) is 0. The van der Waals surface area contributed by atoms with Crippen molar-refractivity contribution in [3.63, 3.8) is 0 Å². The Morgan fingerprint density at radius 1 is 1.20 bits per heavy atom. The van der Waals surface area contributed by atoms with Gasteiger partial charge in [0.25, 0.3) is 0 Å². The number of hydrogen-bond donors (Lipinski definition) is 1. The van der Waals surface area contributed by atoms with Gasteiger partial charge in [-0.25, -0.2) is 8.42 Å². The second kappa shape index (κ2) is 10.2. The molecule has 30 heavy (non-hydrogen) atoms. The molecule has 1 amide bonds. The Balaban J connectivity index is 1.43. The lowest BCUT2D eigenvalue weighted by Gasteiger charge is -2.33. The van der Waals surface area contributed by atoms with Crippen molar-refractivity contribution in [2.24, 2.45) is 11.8 Å². The van der Waals surface area contributed by atoms with Crippen LogP contribution in [0.4, 0.5) is 0 Å². The van der Waals surface area contributed by atoms with Gasteiger partial charge in [0, 0.05) is 38.6 Å². The highest BCUT2D eigenvalue weighted by Gasteiger charge is 2.36. The number of nitrogens with one attached hydrogen (secondary N) is 1. The van der Waals surface area contributed by atoms with Crippen molar-refractivity contribution in [2.45, 2.75) is 44.9 Å². The van der Waals surface area contributed by atoms with Crippen LogP contribution < -0.4 is 5.32 Å². The van der Waals surface area contributed by atoms with Crippen LogP contribution in [0.15, 0.2) is 9.42 Å². The van der Waals surface area contributed by atoms with Gasteiger partial charge in [0.15, 0.2) is 5.76 Å². The molecule has 1 aromatic heterocycles. The minimum atomic E-state index is -3.61. The molecule has 0 saturated carbocycles. The molecule has 3 rings (SSSR count). The predicted molar refractivity (Wildman–Crippen MR) is 112 cm³/mol. The zero-order chi connectivity index (χ0) is 21.7. The Hall–Kier alpha value is -1.49. The molecule has 1 aromatic rings. The van der Waals surface area contributed by atoms with E-state index in [0.29, 0.717) is 43.9 Å². The summed E-state index contributed by atoms with van der Waals surface area (Å²) in [4.78, 5) is 15.1. The van der Waals surface area contributed by atoms with Crippen LogP contribution in [0.5, 0.6) is 0 Å². The number of carbonyl (C=O) groups is 1. The zero-order valence-electron chi connectivity index (χ0n) is 18.2. The monoisotopic (exact) mass is 442 g/mol. The van der Waals surface area contributed by atoms with Gasteiger partial charge in [-0.2, -0.15) is 4.31 Å². The molecule has 3 heterocycles. The van der Waals surface area contributed by atoms with Crippen LogP contribution in [-0.4, -0.2) is 81.2 Å². The fourth-order valence-corrected chi connectivity index (χ4v) is 6.06. The van der Waals surface area contributed by atoms with E-state index in [4.69, 9.17) is 9.26 Å². The first kappa shape index (κ1) is 23.2. The molecule has 10 heteroatoms. The van der Waals surface area contributed by atoms with E-state index >= 15 is 0 Å². The number of nitrogens with zero attached hydrogens (tertiary/aromatic N) is 3. The number of hydrogen-bond acceptors (Lipinski definition) is 7. The van der Waals surface area contributed by atoms with Gasteiger partial charge in [-0.15, -0.1) is 0 Å². The normalized spacial score (nSPS) is 20.9. The highest BCUT2D eigenvalue weighted by atomic mass is 32.2. The maximum absolute atomic E-state index is 12.9. The van der Waals surface area contributed by atoms with Crippen molar-refractivity contribution in [1.29, 1.82) is 0 Å². The van der Waals surface area contributed by atoms with Gasteiger partial charge in [-0.3, -0.25) is 9.69 Å². The van der Waals surface area contributed by atoms with E-state index in [2.05, 4.69) is 15.4 Å². The highest BCUT2D eigenvalue weighted by Crippen LogP contribution is 2.30. The molecule has 2 saturated heterocycles. The summed E-state index contributed by atoms with van der Waals surface area (Å²) >= 11 is 0. The largest absolute Gasteiger partial charge is 0.379 e. The highest BCUT2D eigenvalue weighted by molar-refractivity contribution is 7.89. The first-order chi connectivity index (χ1) is 14.3. The van der Waals surface area contributed by atoms with E-state index < -0.39 is 10.0 Å². The van der Waals surface area contributed by atoms with Crippen LogP contribution >= 0.6 is 0 Å². The van der Waals surface area contributed by atoms with Gasteiger partial charge in [0.1, 0.15) is 10.6 Å². The molecule has 0 aromatic carbocycles. The molecule has 0 bridgehead atoms. The number of amides is 1. The number of piperidine rings is 1. The number of morpholine rings is 1. The molecule has 2 aliphatic rings. The molecule has 1 N–H and O–H groups in total. The van der Waals surface area contributed by atoms with Crippen LogP contribution in [0.3, 0.4) is 0 Å². The third-order valence-electron chi connectivity index (χ3n) is 6.24. The number of carbonyl (C=O) groups excluding carboxylic acids is 1. The lowest BCUT2D eigenvalue weighted by atomic mass is 9.85. The number of aryl methyl sites for hydroxylation is 2. The van der Waals surface area contributed by atoms with Crippen molar-refractivity contribution in [3.8, 4) is 0 Å². The van der Waals surface area contributed by atoms with Gasteiger partial charge in [-0.1, -0.05) is 12.1 Å². The van der Waals surface area contributed by atoms with E-state index in [-0.39, 0.29) is 22.6 Å². The minimum Gasteiger partial charge on any atom is -0.379 e. The molecular formula is C20H34N4O5S. The maximum atomic E-state index is 12.9. The summed E-state index contributed by atoms with van der Waals surface area (Å²) in [7, 11) is -3.61. The number of aromatic nitrogens is 1. The Morgan fingerprint density at radius 3 is 2.47 bits per heavy atom. The fourth-order valence-electron chi connectivity index (χ4n) is 4.30. The SMILES string of the molecule is Cc1noc(C)c1S(=O)(=O)N1CCC([C@@H](C)C(=O)NCCCN2CCOCC2)CC1. The Labute approximate surface area is 179 Å². The summed E-state index contributed by atoms with van der Waals surface area (Å²) in [5.74, 6) is 0.432. The predicted octanol–water partition coefficient (Wildman–Crippen LogP) is 1.17. The van der Waals surface area contributed by atoms with Crippen molar-refractivity contribution in [1.82, 2.24) is 19.7 Å². The van der Waals surface area contributed by atoms with Gasteiger partial charge in [0.05, 0.1) is 13.2 Å². The van der Waals surface area contributed by atoms with Crippen LogP contribution in [0, 0.1) is 25.7 Å². The lowest BCUT2D eigenvalue weighted by Crippen LogP contribution is -2.43. The van der Waals surface area contributed by atoms with E-state index in [1.165, 1.54) is 4.31 Å². The van der Waals surface area contributed by atoms with Gasteiger partial charge in [0.2, 0.25) is 15.9 Å². The smallest absolute Gasteiger partial charge is 0.248 e. The average molecular weight is 443 g/mol. The third kappa shape index (κ3) is 5.40. The average Bonchev–Trinajstić information content (AvgIpc) is 3.10. The van der Waals surface area contributed by atoms with Crippen LogP contribution in [0.25, 0.3) is 0 Å². The van der Waals surface area contributed by atoms with Gasteiger partial charge in [-0.05, 0) is 45.6 Å². The van der Waals surface area contributed by atoms with E-state index in [1.807, 2.05) is 6.92 Å². The summed E-state index contributed by atoms with van der Waals surface area (Å²) in [5.41, 5.74) is 0.388. The molecule has 2 aliphatic heterocycles. The van der Waals surface area contributed by atoms with Crippen molar-refractivity contribution in [3.05, 3.63) is 11.5 Å². The van der Waals surface area contributed by atoms with Crippen LogP contribution in [0.2, 0.25) is 0 Å². The molecule has 0 unspecified atom stereocenters. The topological polar surface area (TPSA) is 105 Å². The van der Waals surface area contributed by atoms with Crippen LogP contribution in [-0.2, 0) is 19.6 Å². The standard InChI is InChI=1S/C20H34N4O5S/c1-15(20(25)21-7-4-8-23-11-13-28-14-12-23)18-5-9-24(10-6-18)30(26,27)19-16(2)22-29-17(19)3/h15,18H,4-14H2,1-3H3,(H,21,25)/t15-/m1/s1. The number of ether oxygens (including phenoxy) is 1. The summed E-state index contributed by atoms with van der Waals surface area (Å²) < 4.78 is 37.7. The van der Waals surface area contributed by atoms with Crippen molar-refractivity contribution < 1.29 is 22.5 Å². The number of sulfonamides is 1. The third-order valence-corrected chi connectivity index (χ3v) is 8.38. The molecule has 0 spiro atoms. The zero-order valence-corrected chi connectivity index (χ0v) is 19.0. The Bertz CT molecular complexity index is 792. The van der Waals surface area contributed by atoms with Crippen LogP contribution in [0.1, 0.15) is 37.6 Å². The molecule has 0 radical (unpaired) electrons. The van der Waals surface area contributed by atoms with Crippen molar-refractivity contribution >= 4 is 15.9 Å². The second-order valence-electron chi connectivity index (χ2n) is 8.28. The first-order valence-electron chi connectivity index (χ1n) is 10.8. The summed E-state index contributed by atoms with van der Waals surface area (Å²) in [6.07, 6.45) is 2.27. The number of rotatable bonds is 8. The maximum Gasteiger partial charge on any atom is 0.248 e. The quantitative estimate of drug-likeness (QED) is 0.603. The first-order valence-corrected chi connectivity index (χ1v) is 12.3. The fraction of sp³-hybridized carbons (Fsp3) is 0.800. The van der Waals surface area contributed by atoms with Crippen molar-refractivity contribution in [2.75, 3.05) is 52.5 Å². The molecule has 2 fully saturated rings. The molecule has 170 valence electrons.